The summed E-state index contributed by atoms with van der Waals surface area (Å²) in [5.74, 6) is 0.00629. The Hall–Kier alpha value is -5.01. The summed E-state index contributed by atoms with van der Waals surface area (Å²) in [6.45, 7) is 3.79. The Morgan fingerprint density at radius 2 is 1.93 bits per heavy atom. The number of carbonyl (C=O) groups excluding carboxylic acids is 3. The van der Waals surface area contributed by atoms with Gasteiger partial charge in [0.1, 0.15) is 24.0 Å². The lowest BCUT2D eigenvalue weighted by Crippen LogP contribution is -2.30. The number of aromatic nitrogens is 6. The molecule has 0 radical (unpaired) electrons. The van der Waals surface area contributed by atoms with E-state index in [4.69, 9.17) is 4.98 Å². The number of likely N-dealkylation sites (N-methyl/N-ethyl adjacent to an activating group) is 1. The molecule has 226 valence electrons. The largest absolute Gasteiger partial charge is 0.354 e. The fourth-order valence-electron chi connectivity index (χ4n) is 5.64. The molecular weight excluding hydrogens is 567 g/mol. The van der Waals surface area contributed by atoms with Gasteiger partial charge in [-0.1, -0.05) is 0 Å². The molecule has 0 unspecified atom stereocenters. The number of aryl methyl sites for hydroxylation is 2. The van der Waals surface area contributed by atoms with Crippen LogP contribution in [0.25, 0.3) is 5.65 Å². The highest BCUT2D eigenvalue weighted by molar-refractivity contribution is 6.13. The number of carbonyl (C=O) groups is 3. The van der Waals surface area contributed by atoms with Crippen LogP contribution >= 0.6 is 0 Å². The van der Waals surface area contributed by atoms with Gasteiger partial charge in [-0.3, -0.25) is 19.4 Å². The first kappa shape index (κ1) is 27.8. The van der Waals surface area contributed by atoms with Crippen LogP contribution in [0, 0.1) is 19.8 Å². The zero-order valence-corrected chi connectivity index (χ0v) is 24.8. The average Bonchev–Trinajstić information content (AvgIpc) is 3.89. The normalized spacial score (nSPS) is 21.3. The second kappa shape index (κ2) is 10.0. The zero-order chi connectivity index (χ0) is 30.9. The van der Waals surface area contributed by atoms with E-state index in [-0.39, 0.29) is 36.5 Å². The minimum absolute atomic E-state index is 0.00488. The van der Waals surface area contributed by atoms with Crippen molar-refractivity contribution in [3.8, 4) is 0 Å². The maximum absolute atomic E-state index is 15.4. The van der Waals surface area contributed by atoms with Crippen LogP contribution < -0.4 is 15.1 Å². The lowest BCUT2D eigenvalue weighted by atomic mass is 10.1. The smallest absolute Gasteiger partial charge is 0.331 e. The van der Waals surface area contributed by atoms with Crippen LogP contribution in [0.3, 0.4) is 0 Å². The van der Waals surface area contributed by atoms with Crippen molar-refractivity contribution >= 4 is 40.8 Å². The molecule has 2 saturated carbocycles. The van der Waals surface area contributed by atoms with Gasteiger partial charge in [0.15, 0.2) is 17.1 Å². The third-order valence-electron chi connectivity index (χ3n) is 8.37. The van der Waals surface area contributed by atoms with Crippen molar-refractivity contribution < 1.29 is 18.8 Å². The zero-order valence-electron chi connectivity index (χ0n) is 24.8. The van der Waals surface area contributed by atoms with Gasteiger partial charge in [-0.2, -0.15) is 0 Å². The number of fused-ring (bicyclic) bond motifs is 1. The lowest BCUT2D eigenvalue weighted by Gasteiger charge is -2.18. The monoisotopic (exact) mass is 598 g/mol. The Labute approximate surface area is 252 Å². The van der Waals surface area contributed by atoms with Gasteiger partial charge in [-0.25, -0.2) is 34.1 Å². The summed E-state index contributed by atoms with van der Waals surface area (Å²) in [5.41, 5.74) is 1.74. The topological polar surface area (TPSA) is 142 Å². The van der Waals surface area contributed by atoms with Crippen LogP contribution in [0.15, 0.2) is 36.8 Å². The summed E-state index contributed by atoms with van der Waals surface area (Å²) in [4.78, 5) is 64.5. The molecule has 4 aromatic heterocycles. The van der Waals surface area contributed by atoms with Crippen LogP contribution in [-0.2, 0) is 21.8 Å². The van der Waals surface area contributed by atoms with Crippen LogP contribution in [0.1, 0.15) is 53.8 Å². The fraction of sp³-hybridized carbons (Fsp3) is 0.400. The summed E-state index contributed by atoms with van der Waals surface area (Å²) in [6.07, 6.45) is 7.60. The van der Waals surface area contributed by atoms with Crippen LogP contribution in [0.4, 0.5) is 26.5 Å². The minimum atomic E-state index is -1.90. The third kappa shape index (κ3) is 4.89. The second-order valence-corrected chi connectivity index (χ2v) is 11.9. The Balaban J connectivity index is 1.11. The van der Waals surface area contributed by atoms with Gasteiger partial charge in [-0.05, 0) is 50.3 Å². The van der Waals surface area contributed by atoms with E-state index in [0.717, 1.165) is 23.3 Å². The van der Waals surface area contributed by atoms with Crippen LogP contribution in [0.2, 0.25) is 0 Å². The Morgan fingerprint density at radius 1 is 1.14 bits per heavy atom. The van der Waals surface area contributed by atoms with Gasteiger partial charge in [-0.15, -0.1) is 0 Å². The van der Waals surface area contributed by atoms with Crippen molar-refractivity contribution in [2.75, 3.05) is 35.8 Å². The number of imidazole rings is 1. The lowest BCUT2D eigenvalue weighted by molar-refractivity contribution is -0.124. The number of nitrogens with zero attached hydrogens (tertiary/aromatic N) is 9. The van der Waals surface area contributed by atoms with Crippen LogP contribution in [0.5, 0.6) is 0 Å². The first-order valence-electron chi connectivity index (χ1n) is 14.5. The molecule has 1 saturated heterocycles. The van der Waals surface area contributed by atoms with Crippen molar-refractivity contribution in [1.82, 2.24) is 34.2 Å². The molecule has 0 aromatic carbocycles. The number of rotatable bonds is 8. The van der Waals surface area contributed by atoms with Gasteiger partial charge in [0.05, 0.1) is 23.8 Å². The molecule has 1 N–H and O–H groups in total. The van der Waals surface area contributed by atoms with E-state index in [1.807, 2.05) is 34.8 Å². The number of hydrogen-bond donors (Lipinski definition) is 1. The number of urea groups is 1. The molecule has 2 aliphatic carbocycles. The van der Waals surface area contributed by atoms with E-state index < -0.39 is 17.5 Å². The molecule has 3 aliphatic rings. The molecule has 0 bridgehead atoms. The quantitative estimate of drug-likeness (QED) is 0.303. The van der Waals surface area contributed by atoms with E-state index in [1.54, 1.807) is 26.0 Å². The molecule has 0 spiro atoms. The van der Waals surface area contributed by atoms with Crippen molar-refractivity contribution in [1.29, 1.82) is 0 Å². The number of pyridine rings is 1. The number of imide groups is 1. The molecule has 2 atom stereocenters. The second-order valence-electron chi connectivity index (χ2n) is 11.9. The number of amides is 4. The van der Waals surface area contributed by atoms with E-state index in [0.29, 0.717) is 46.8 Å². The van der Waals surface area contributed by atoms with E-state index in [2.05, 4.69) is 25.3 Å². The molecular formula is C30H31FN10O3. The van der Waals surface area contributed by atoms with Crippen LogP contribution in [-0.4, -0.2) is 72.7 Å². The standard InChI is InChI=1S/C30H31FN10O3/c1-16-7-8-32-28(33-16)30(31)11-21(30)27(43)37-23-10-24(35-17(2)34-23)38(3)13-20-14-40-12-19(18-5-6-18)9-22(26(40)36-20)41-15-25(42)39(4)29(41)44/h7-10,12,14,18,21H,5-6,11,13,15H2,1-4H3,(H,34,35,37,43)/t21-,30-/m0/s1. The van der Waals surface area contributed by atoms with Gasteiger partial charge in [0, 0.05) is 50.9 Å². The molecule has 14 heteroatoms. The summed E-state index contributed by atoms with van der Waals surface area (Å²) < 4.78 is 17.3. The molecule has 3 fully saturated rings. The summed E-state index contributed by atoms with van der Waals surface area (Å²) in [7, 11) is 3.32. The SMILES string of the molecule is Cc1ccnc([C@]2(F)C[C@H]2C(=O)Nc2cc(N(C)Cc3cn4cc(C5CC5)cc(N5CC(=O)N(C)C5=O)c4n3)nc(C)n2)n1. The third-order valence-corrected chi connectivity index (χ3v) is 8.37. The fourth-order valence-corrected chi connectivity index (χ4v) is 5.64. The molecule has 44 heavy (non-hydrogen) atoms. The molecule has 4 aromatic rings. The molecule has 13 nitrogen and oxygen atoms in total. The number of halogens is 1. The van der Waals surface area contributed by atoms with Gasteiger partial charge < -0.3 is 14.6 Å². The Bertz CT molecular complexity index is 1860. The predicted molar refractivity (Wildman–Crippen MR) is 158 cm³/mol. The maximum Gasteiger partial charge on any atom is 0.331 e. The number of nitrogens with one attached hydrogen (secondary N) is 1. The highest BCUT2D eigenvalue weighted by Crippen LogP contribution is 2.54. The summed E-state index contributed by atoms with van der Waals surface area (Å²) in [6, 6.07) is 4.91. The van der Waals surface area contributed by atoms with Crippen molar-refractivity contribution in [3.05, 3.63) is 65.4 Å². The number of hydrogen-bond acceptors (Lipinski definition) is 9. The number of anilines is 3. The predicted octanol–water partition coefficient (Wildman–Crippen LogP) is 3.27. The number of alkyl halides is 1. The van der Waals surface area contributed by atoms with Crippen molar-refractivity contribution in [2.24, 2.45) is 5.92 Å². The van der Waals surface area contributed by atoms with Gasteiger partial charge in [0.2, 0.25) is 11.8 Å². The van der Waals surface area contributed by atoms with Gasteiger partial charge in [0.25, 0.3) is 0 Å². The minimum Gasteiger partial charge on any atom is -0.354 e. The van der Waals surface area contributed by atoms with E-state index in [9.17, 15) is 14.4 Å². The first-order chi connectivity index (χ1) is 21.0. The highest BCUT2D eigenvalue weighted by Gasteiger charge is 2.63. The van der Waals surface area contributed by atoms with Crippen molar-refractivity contribution in [3.63, 3.8) is 0 Å². The Morgan fingerprint density at radius 3 is 2.64 bits per heavy atom. The summed E-state index contributed by atoms with van der Waals surface area (Å²) >= 11 is 0. The first-order valence-corrected chi connectivity index (χ1v) is 14.5. The molecule has 4 amide bonds. The molecule has 1 aliphatic heterocycles. The molecule has 7 rings (SSSR count). The van der Waals surface area contributed by atoms with Gasteiger partial charge >= 0.3 is 6.03 Å². The summed E-state index contributed by atoms with van der Waals surface area (Å²) in [5, 5.41) is 2.74. The van der Waals surface area contributed by atoms with Crippen molar-refractivity contribution in [2.45, 2.75) is 51.2 Å². The molecule has 5 heterocycles. The Kier molecular flexibility index (Phi) is 6.34. The average molecular weight is 599 g/mol. The maximum atomic E-state index is 15.4. The van der Waals surface area contributed by atoms with E-state index in [1.165, 1.54) is 18.1 Å². The highest BCUT2D eigenvalue weighted by atomic mass is 19.1. The van der Waals surface area contributed by atoms with E-state index >= 15 is 4.39 Å².